The van der Waals surface area contributed by atoms with E-state index in [4.69, 9.17) is 21.1 Å². The van der Waals surface area contributed by atoms with E-state index in [2.05, 4.69) is 4.99 Å². The molecule has 3 aromatic carbocycles. The van der Waals surface area contributed by atoms with E-state index in [0.29, 0.717) is 18.1 Å². The molecule has 1 aliphatic rings. The molecule has 0 saturated carbocycles. The van der Waals surface area contributed by atoms with Gasteiger partial charge in [0, 0.05) is 11.4 Å². The second-order valence-corrected chi connectivity index (χ2v) is 8.01. The van der Waals surface area contributed by atoms with Gasteiger partial charge in [-0.25, -0.2) is 13.8 Å². The summed E-state index contributed by atoms with van der Waals surface area (Å²) in [7, 11) is 0. The summed E-state index contributed by atoms with van der Waals surface area (Å²) in [5.41, 5.74) is 4.27. The zero-order valence-electron chi connectivity index (χ0n) is 17.3. The summed E-state index contributed by atoms with van der Waals surface area (Å²) in [6, 6.07) is 15.3. The van der Waals surface area contributed by atoms with E-state index in [1.807, 2.05) is 50.2 Å². The summed E-state index contributed by atoms with van der Waals surface area (Å²) in [6.45, 7) is 4.80. The maximum atomic E-state index is 13.9. The Kier molecular flexibility index (Phi) is 6.23. The fourth-order valence-electron chi connectivity index (χ4n) is 3.79. The summed E-state index contributed by atoms with van der Waals surface area (Å²) in [5, 5.41) is 0.707. The Hall–Kier alpha value is -2.92. The second kappa shape index (κ2) is 9.06. The monoisotopic (exact) mass is 441 g/mol. The molecular formula is C25H22ClF2NO2. The number of aliphatic imine (C=N–C) groups is 1. The number of benzene rings is 3. The molecule has 1 heterocycles. The van der Waals surface area contributed by atoms with Crippen molar-refractivity contribution in [2.45, 2.75) is 26.3 Å². The van der Waals surface area contributed by atoms with Crippen molar-refractivity contribution in [3.63, 3.8) is 0 Å². The minimum atomic E-state index is -0.678. The predicted molar refractivity (Wildman–Crippen MR) is 119 cm³/mol. The van der Waals surface area contributed by atoms with Crippen LogP contribution in [0.2, 0.25) is 5.02 Å². The summed E-state index contributed by atoms with van der Waals surface area (Å²) < 4.78 is 39.2. The molecule has 4 rings (SSSR count). The summed E-state index contributed by atoms with van der Waals surface area (Å²) >= 11 is 6.00. The zero-order chi connectivity index (χ0) is 22.0. The Morgan fingerprint density at radius 1 is 1.00 bits per heavy atom. The van der Waals surface area contributed by atoms with Crippen molar-refractivity contribution in [2.24, 2.45) is 4.99 Å². The molecule has 1 atom stereocenters. The van der Waals surface area contributed by atoms with Crippen molar-refractivity contribution in [3.05, 3.63) is 87.9 Å². The molecule has 0 aromatic heterocycles. The number of hydrogen-bond donors (Lipinski definition) is 0. The fraction of sp³-hybridized carbons (Fsp3) is 0.240. The topological polar surface area (TPSA) is 30.8 Å². The molecule has 0 aliphatic carbocycles. The molecule has 3 aromatic rings. The van der Waals surface area contributed by atoms with Crippen molar-refractivity contribution in [3.8, 4) is 16.9 Å². The van der Waals surface area contributed by atoms with E-state index in [0.717, 1.165) is 28.0 Å². The summed E-state index contributed by atoms with van der Waals surface area (Å²) in [6.07, 6.45) is 0.580. The highest BCUT2D eigenvalue weighted by Gasteiger charge is 2.25. The highest BCUT2D eigenvalue weighted by molar-refractivity contribution is 6.30. The van der Waals surface area contributed by atoms with Crippen molar-refractivity contribution in [1.29, 1.82) is 0 Å². The molecule has 0 fully saturated rings. The van der Waals surface area contributed by atoms with Crippen LogP contribution in [0.5, 0.6) is 5.75 Å². The minimum absolute atomic E-state index is 0.0135. The molecule has 0 saturated heterocycles. The van der Waals surface area contributed by atoms with E-state index >= 15 is 0 Å². The molecule has 3 nitrogen and oxygen atoms in total. The van der Waals surface area contributed by atoms with Crippen LogP contribution in [-0.4, -0.2) is 25.2 Å². The van der Waals surface area contributed by atoms with E-state index in [1.165, 1.54) is 18.2 Å². The lowest BCUT2D eigenvalue weighted by molar-refractivity contribution is 0.264. The molecular weight excluding hydrogens is 420 g/mol. The Balaban J connectivity index is 1.40. The van der Waals surface area contributed by atoms with Gasteiger partial charge in [0.1, 0.15) is 29.6 Å². The third-order valence-electron chi connectivity index (χ3n) is 5.25. The maximum Gasteiger partial charge on any atom is 0.222 e. The Labute approximate surface area is 185 Å². The number of hydrogen-bond acceptors (Lipinski definition) is 3. The van der Waals surface area contributed by atoms with Crippen molar-refractivity contribution >= 4 is 17.5 Å². The van der Waals surface area contributed by atoms with Crippen LogP contribution < -0.4 is 4.74 Å². The molecule has 1 unspecified atom stereocenters. The largest absolute Gasteiger partial charge is 0.493 e. The van der Waals surface area contributed by atoms with E-state index in [-0.39, 0.29) is 24.1 Å². The highest BCUT2D eigenvalue weighted by Crippen LogP contribution is 2.32. The average molecular weight is 442 g/mol. The highest BCUT2D eigenvalue weighted by atomic mass is 35.5. The first-order valence-corrected chi connectivity index (χ1v) is 10.4. The number of aryl methyl sites for hydroxylation is 2. The molecule has 0 radical (unpaired) electrons. The SMILES string of the molecule is Cc1cc(OCCC2COC(c3c(F)cccc3F)=N2)cc(C)c1-c1ccc(Cl)cc1. The standard InChI is InChI=1S/C25H22ClF2NO2/c1-15-12-20(13-16(2)23(15)17-6-8-18(26)9-7-17)30-11-10-19-14-31-25(29-19)24-21(27)4-3-5-22(24)28/h3-9,12-13,19H,10-11,14H2,1-2H3. The van der Waals surface area contributed by atoms with Gasteiger partial charge in [-0.15, -0.1) is 0 Å². The Bertz CT molecular complexity index is 1090. The predicted octanol–water partition coefficient (Wildman–Crippen LogP) is 6.52. The van der Waals surface area contributed by atoms with Crippen molar-refractivity contribution in [1.82, 2.24) is 0 Å². The lowest BCUT2D eigenvalue weighted by Gasteiger charge is -2.14. The lowest BCUT2D eigenvalue weighted by Crippen LogP contribution is -2.12. The van der Waals surface area contributed by atoms with Gasteiger partial charge < -0.3 is 9.47 Å². The smallest absolute Gasteiger partial charge is 0.222 e. The van der Waals surface area contributed by atoms with Crippen LogP contribution in [0.25, 0.3) is 11.1 Å². The van der Waals surface area contributed by atoms with Crippen LogP contribution in [0.4, 0.5) is 8.78 Å². The van der Waals surface area contributed by atoms with Crippen LogP contribution in [0.3, 0.4) is 0 Å². The van der Waals surface area contributed by atoms with Gasteiger partial charge in [0.2, 0.25) is 5.90 Å². The Morgan fingerprint density at radius 3 is 2.29 bits per heavy atom. The van der Waals surface area contributed by atoms with Crippen LogP contribution in [0.15, 0.2) is 59.6 Å². The van der Waals surface area contributed by atoms with Gasteiger partial charge in [0.25, 0.3) is 0 Å². The molecule has 31 heavy (non-hydrogen) atoms. The van der Waals surface area contributed by atoms with Crippen molar-refractivity contribution < 1.29 is 18.3 Å². The molecule has 0 N–H and O–H groups in total. The van der Waals surface area contributed by atoms with Gasteiger partial charge in [-0.05, 0) is 72.5 Å². The quantitative estimate of drug-likeness (QED) is 0.436. The third kappa shape index (κ3) is 4.72. The zero-order valence-corrected chi connectivity index (χ0v) is 18.0. The van der Waals surface area contributed by atoms with Gasteiger partial charge in [0.15, 0.2) is 0 Å². The summed E-state index contributed by atoms with van der Waals surface area (Å²) in [4.78, 5) is 4.33. The average Bonchev–Trinajstić information content (AvgIpc) is 3.17. The normalized spacial score (nSPS) is 15.5. The molecule has 160 valence electrons. The van der Waals surface area contributed by atoms with Gasteiger partial charge in [-0.1, -0.05) is 29.8 Å². The van der Waals surface area contributed by atoms with E-state index in [1.54, 1.807) is 0 Å². The van der Waals surface area contributed by atoms with Crippen LogP contribution in [0.1, 0.15) is 23.1 Å². The first kappa shape index (κ1) is 21.3. The van der Waals surface area contributed by atoms with Gasteiger partial charge in [-0.2, -0.15) is 0 Å². The van der Waals surface area contributed by atoms with Crippen molar-refractivity contribution in [2.75, 3.05) is 13.2 Å². The first-order chi connectivity index (χ1) is 14.9. The van der Waals surface area contributed by atoms with Gasteiger partial charge in [-0.3, -0.25) is 0 Å². The third-order valence-corrected chi connectivity index (χ3v) is 5.50. The first-order valence-electron chi connectivity index (χ1n) is 10.1. The van der Waals surface area contributed by atoms with Crippen LogP contribution in [0, 0.1) is 25.5 Å². The minimum Gasteiger partial charge on any atom is -0.493 e. The number of rotatable bonds is 6. The molecule has 0 bridgehead atoms. The molecule has 1 aliphatic heterocycles. The van der Waals surface area contributed by atoms with Gasteiger partial charge in [0.05, 0.1) is 12.6 Å². The lowest BCUT2D eigenvalue weighted by atomic mass is 9.95. The second-order valence-electron chi connectivity index (χ2n) is 7.57. The maximum absolute atomic E-state index is 13.9. The van der Waals surface area contributed by atoms with Gasteiger partial charge >= 0.3 is 0 Å². The molecule has 0 amide bonds. The fourth-order valence-corrected chi connectivity index (χ4v) is 3.92. The summed E-state index contributed by atoms with van der Waals surface area (Å²) in [5.74, 6) is -0.569. The number of halogens is 3. The number of nitrogens with zero attached hydrogens (tertiary/aromatic N) is 1. The Morgan fingerprint density at radius 2 is 1.65 bits per heavy atom. The number of ether oxygens (including phenoxy) is 2. The van der Waals surface area contributed by atoms with E-state index < -0.39 is 11.6 Å². The van der Waals surface area contributed by atoms with Crippen LogP contribution >= 0.6 is 11.6 Å². The molecule has 0 spiro atoms. The van der Waals surface area contributed by atoms with Crippen LogP contribution in [-0.2, 0) is 4.74 Å². The molecule has 6 heteroatoms. The van der Waals surface area contributed by atoms with E-state index in [9.17, 15) is 8.78 Å².